The molecule has 2 rings (SSSR count). The SMILES string of the molecule is Cc1ccc(F)cc1C(NN)c1ccccc1OC(C)C. The van der Waals surface area contributed by atoms with E-state index in [0.717, 1.165) is 22.4 Å². The number of nitrogens with one attached hydrogen (secondary N) is 1. The van der Waals surface area contributed by atoms with Gasteiger partial charge in [-0.2, -0.15) is 0 Å². The van der Waals surface area contributed by atoms with Crippen LogP contribution in [0, 0.1) is 12.7 Å². The Kier molecular flexibility index (Phi) is 4.94. The number of nitrogens with two attached hydrogens (primary N) is 1. The third kappa shape index (κ3) is 3.60. The molecule has 0 bridgehead atoms. The smallest absolute Gasteiger partial charge is 0.124 e. The molecule has 0 heterocycles. The number of rotatable bonds is 5. The van der Waals surface area contributed by atoms with Crippen LogP contribution in [-0.2, 0) is 0 Å². The molecule has 1 atom stereocenters. The third-order valence-electron chi connectivity index (χ3n) is 3.31. The third-order valence-corrected chi connectivity index (χ3v) is 3.31. The lowest BCUT2D eigenvalue weighted by Gasteiger charge is -2.23. The number of aryl methyl sites for hydroxylation is 1. The van der Waals surface area contributed by atoms with Crippen LogP contribution >= 0.6 is 0 Å². The zero-order valence-corrected chi connectivity index (χ0v) is 12.6. The van der Waals surface area contributed by atoms with E-state index >= 15 is 0 Å². The highest BCUT2D eigenvalue weighted by atomic mass is 19.1. The fourth-order valence-corrected chi connectivity index (χ4v) is 2.35. The van der Waals surface area contributed by atoms with Crippen molar-refractivity contribution in [2.24, 2.45) is 5.84 Å². The lowest BCUT2D eigenvalue weighted by Crippen LogP contribution is -2.30. The Morgan fingerprint density at radius 3 is 2.48 bits per heavy atom. The van der Waals surface area contributed by atoms with Crippen molar-refractivity contribution in [3.63, 3.8) is 0 Å². The van der Waals surface area contributed by atoms with Crippen molar-refractivity contribution in [1.82, 2.24) is 5.43 Å². The average molecular weight is 288 g/mol. The summed E-state index contributed by atoms with van der Waals surface area (Å²) in [6.07, 6.45) is 0.0539. The summed E-state index contributed by atoms with van der Waals surface area (Å²) in [5.74, 6) is 6.20. The monoisotopic (exact) mass is 288 g/mol. The first-order valence-corrected chi connectivity index (χ1v) is 7.00. The first kappa shape index (κ1) is 15.5. The molecule has 0 radical (unpaired) electrons. The van der Waals surface area contributed by atoms with Gasteiger partial charge in [0.15, 0.2) is 0 Å². The van der Waals surface area contributed by atoms with E-state index in [0.29, 0.717) is 0 Å². The molecule has 21 heavy (non-hydrogen) atoms. The molecule has 2 aromatic rings. The molecule has 0 saturated carbocycles. The normalized spacial score (nSPS) is 12.5. The van der Waals surface area contributed by atoms with E-state index in [4.69, 9.17) is 10.6 Å². The maximum atomic E-state index is 13.6. The molecule has 0 aliphatic rings. The number of hydrogen-bond acceptors (Lipinski definition) is 3. The first-order chi connectivity index (χ1) is 10.0. The molecule has 1 unspecified atom stereocenters. The predicted octanol–water partition coefficient (Wildman–Crippen LogP) is 3.47. The van der Waals surface area contributed by atoms with Gasteiger partial charge in [0.05, 0.1) is 12.1 Å². The quantitative estimate of drug-likeness (QED) is 0.654. The number of hydrazine groups is 1. The van der Waals surface area contributed by atoms with E-state index in [-0.39, 0.29) is 18.0 Å². The van der Waals surface area contributed by atoms with Crippen LogP contribution in [0.4, 0.5) is 4.39 Å². The summed E-state index contributed by atoms with van der Waals surface area (Å²) in [6.45, 7) is 5.87. The molecule has 0 fully saturated rings. The molecule has 0 saturated heterocycles. The summed E-state index contributed by atoms with van der Waals surface area (Å²) < 4.78 is 19.4. The molecule has 0 amide bonds. The molecule has 3 N–H and O–H groups in total. The van der Waals surface area contributed by atoms with Gasteiger partial charge < -0.3 is 4.74 Å². The van der Waals surface area contributed by atoms with Gasteiger partial charge >= 0.3 is 0 Å². The van der Waals surface area contributed by atoms with Crippen molar-refractivity contribution >= 4 is 0 Å². The van der Waals surface area contributed by atoms with Gasteiger partial charge in [0.25, 0.3) is 0 Å². The van der Waals surface area contributed by atoms with E-state index in [1.54, 1.807) is 6.07 Å². The summed E-state index contributed by atoms with van der Waals surface area (Å²) >= 11 is 0. The largest absolute Gasteiger partial charge is 0.491 e. The second-order valence-electron chi connectivity index (χ2n) is 5.31. The number of para-hydroxylation sites is 1. The Hall–Kier alpha value is -1.91. The van der Waals surface area contributed by atoms with Crippen LogP contribution in [0.1, 0.15) is 36.6 Å². The molecular weight excluding hydrogens is 267 g/mol. The molecule has 2 aromatic carbocycles. The Balaban J connectivity index is 2.49. The van der Waals surface area contributed by atoms with Crippen molar-refractivity contribution in [2.75, 3.05) is 0 Å². The highest BCUT2D eigenvalue weighted by Gasteiger charge is 2.19. The molecule has 0 aliphatic heterocycles. The summed E-state index contributed by atoms with van der Waals surface area (Å²) in [5.41, 5.74) is 5.43. The molecule has 0 aliphatic carbocycles. The van der Waals surface area contributed by atoms with Crippen molar-refractivity contribution < 1.29 is 9.13 Å². The second kappa shape index (κ2) is 6.70. The lowest BCUT2D eigenvalue weighted by molar-refractivity contribution is 0.238. The van der Waals surface area contributed by atoms with Gasteiger partial charge in [0, 0.05) is 5.56 Å². The molecular formula is C17H21FN2O. The zero-order valence-electron chi connectivity index (χ0n) is 12.6. The summed E-state index contributed by atoms with van der Waals surface area (Å²) in [4.78, 5) is 0. The van der Waals surface area contributed by atoms with Crippen LogP contribution in [0.25, 0.3) is 0 Å². The summed E-state index contributed by atoms with van der Waals surface area (Å²) in [6, 6.07) is 12.0. The number of halogens is 1. The van der Waals surface area contributed by atoms with Crippen molar-refractivity contribution in [3.05, 3.63) is 65.0 Å². The first-order valence-electron chi connectivity index (χ1n) is 7.00. The zero-order chi connectivity index (χ0) is 15.4. The van der Waals surface area contributed by atoms with Crippen molar-refractivity contribution in [2.45, 2.75) is 32.9 Å². The summed E-state index contributed by atoms with van der Waals surface area (Å²) in [5, 5.41) is 0. The Bertz CT molecular complexity index is 613. The van der Waals surface area contributed by atoms with E-state index in [2.05, 4.69) is 5.43 Å². The average Bonchev–Trinajstić information content (AvgIpc) is 2.44. The second-order valence-corrected chi connectivity index (χ2v) is 5.31. The molecule has 112 valence electrons. The van der Waals surface area contributed by atoms with Crippen LogP contribution in [0.15, 0.2) is 42.5 Å². The standard InChI is InChI=1S/C17H21FN2O/c1-11(2)21-16-7-5-4-6-14(16)17(20-19)15-10-13(18)9-8-12(15)3/h4-11,17,20H,19H2,1-3H3. The van der Waals surface area contributed by atoms with Crippen LogP contribution < -0.4 is 16.0 Å². The fourth-order valence-electron chi connectivity index (χ4n) is 2.35. The van der Waals surface area contributed by atoms with Gasteiger partial charge in [0.2, 0.25) is 0 Å². The van der Waals surface area contributed by atoms with Crippen LogP contribution in [0.2, 0.25) is 0 Å². The van der Waals surface area contributed by atoms with Crippen molar-refractivity contribution in [3.8, 4) is 5.75 Å². The van der Waals surface area contributed by atoms with Crippen molar-refractivity contribution in [1.29, 1.82) is 0 Å². The molecule has 0 aromatic heterocycles. The Morgan fingerprint density at radius 1 is 1.10 bits per heavy atom. The van der Waals surface area contributed by atoms with Gasteiger partial charge in [0.1, 0.15) is 11.6 Å². The van der Waals surface area contributed by atoms with Crippen LogP contribution in [0.3, 0.4) is 0 Å². The molecule has 4 heteroatoms. The highest BCUT2D eigenvalue weighted by Crippen LogP contribution is 2.32. The van der Waals surface area contributed by atoms with Gasteiger partial charge in [-0.15, -0.1) is 0 Å². The minimum atomic E-state index is -0.323. The maximum Gasteiger partial charge on any atom is 0.124 e. The maximum absolute atomic E-state index is 13.6. The van der Waals surface area contributed by atoms with E-state index < -0.39 is 0 Å². The lowest BCUT2D eigenvalue weighted by atomic mass is 9.94. The minimum Gasteiger partial charge on any atom is -0.491 e. The van der Waals surface area contributed by atoms with Gasteiger partial charge in [-0.05, 0) is 50.1 Å². The minimum absolute atomic E-state index is 0.0539. The predicted molar refractivity (Wildman–Crippen MR) is 82.5 cm³/mol. The number of ether oxygens (including phenoxy) is 1. The molecule has 0 spiro atoms. The highest BCUT2D eigenvalue weighted by molar-refractivity contribution is 5.44. The van der Waals surface area contributed by atoms with Gasteiger partial charge in [-0.3, -0.25) is 5.84 Å². The Morgan fingerprint density at radius 2 is 1.81 bits per heavy atom. The summed E-state index contributed by atoms with van der Waals surface area (Å²) in [7, 11) is 0. The van der Waals surface area contributed by atoms with E-state index in [9.17, 15) is 4.39 Å². The van der Waals surface area contributed by atoms with Crippen LogP contribution in [-0.4, -0.2) is 6.10 Å². The topological polar surface area (TPSA) is 47.3 Å². The number of benzene rings is 2. The van der Waals surface area contributed by atoms with Gasteiger partial charge in [-0.25, -0.2) is 9.82 Å². The molecule has 3 nitrogen and oxygen atoms in total. The van der Waals surface area contributed by atoms with E-state index in [1.807, 2.05) is 45.0 Å². The Labute approximate surface area is 124 Å². The fraction of sp³-hybridized carbons (Fsp3) is 0.294. The number of hydrogen-bond donors (Lipinski definition) is 2. The van der Waals surface area contributed by atoms with Gasteiger partial charge in [-0.1, -0.05) is 24.3 Å². The van der Waals surface area contributed by atoms with Crippen LogP contribution in [0.5, 0.6) is 5.75 Å². The van der Waals surface area contributed by atoms with E-state index in [1.165, 1.54) is 12.1 Å².